The topological polar surface area (TPSA) is 85.0 Å². The normalized spacial score (nSPS) is 16.4. The Labute approximate surface area is 144 Å². The Kier molecular flexibility index (Phi) is 3.76. The van der Waals surface area contributed by atoms with Crippen LogP contribution in [0.15, 0.2) is 42.7 Å². The van der Waals surface area contributed by atoms with Crippen LogP contribution >= 0.6 is 0 Å². The summed E-state index contributed by atoms with van der Waals surface area (Å²) in [6.45, 7) is 0. The first-order valence-corrected chi connectivity index (χ1v) is 8.29. The lowest BCUT2D eigenvalue weighted by atomic mass is 9.93. The third-order valence-electron chi connectivity index (χ3n) is 4.61. The number of hydrogen-bond acceptors (Lipinski definition) is 4. The van der Waals surface area contributed by atoms with Crippen molar-refractivity contribution in [1.82, 2.24) is 24.9 Å². The Bertz CT molecular complexity index is 913. The Hall–Kier alpha value is -3.09. The Morgan fingerprint density at radius 1 is 1.32 bits per heavy atom. The molecule has 1 aromatic carbocycles. The number of hydrogen-bond donors (Lipinski definition) is 2. The second-order valence-corrected chi connectivity index (χ2v) is 6.23. The van der Waals surface area contributed by atoms with Crippen molar-refractivity contribution in [2.24, 2.45) is 7.05 Å². The number of rotatable bonds is 3. The number of aryl methyl sites for hydroxylation is 1. The van der Waals surface area contributed by atoms with Crippen molar-refractivity contribution >= 4 is 5.91 Å². The number of carbonyl (C=O) groups excluding carboxylic acids is 1. The predicted molar refractivity (Wildman–Crippen MR) is 91.6 cm³/mol. The molecule has 1 atom stereocenters. The van der Waals surface area contributed by atoms with Gasteiger partial charge in [-0.05, 0) is 31.4 Å². The lowest BCUT2D eigenvalue weighted by molar-refractivity contribution is 0.0924. The largest absolute Gasteiger partial charge is 0.504 e. The van der Waals surface area contributed by atoms with Crippen LogP contribution in [0.1, 0.15) is 40.6 Å². The number of nitrogens with one attached hydrogen (secondary N) is 1. The van der Waals surface area contributed by atoms with E-state index in [4.69, 9.17) is 0 Å². The van der Waals surface area contributed by atoms with E-state index in [2.05, 4.69) is 15.5 Å². The summed E-state index contributed by atoms with van der Waals surface area (Å²) >= 11 is 0. The molecule has 0 aliphatic heterocycles. The summed E-state index contributed by atoms with van der Waals surface area (Å²) in [6, 6.07) is 9.26. The molecule has 0 fully saturated rings. The van der Waals surface area contributed by atoms with Crippen molar-refractivity contribution in [2.45, 2.75) is 25.3 Å². The third-order valence-corrected chi connectivity index (χ3v) is 4.61. The van der Waals surface area contributed by atoms with Gasteiger partial charge in [0.1, 0.15) is 0 Å². The van der Waals surface area contributed by atoms with Gasteiger partial charge in [0, 0.05) is 18.3 Å². The molecule has 0 radical (unpaired) electrons. The van der Waals surface area contributed by atoms with Gasteiger partial charge < -0.3 is 10.4 Å². The lowest BCUT2D eigenvalue weighted by Gasteiger charge is -2.23. The highest BCUT2D eigenvalue weighted by Crippen LogP contribution is 2.30. The second-order valence-electron chi connectivity index (χ2n) is 6.23. The van der Waals surface area contributed by atoms with Crippen LogP contribution in [0.3, 0.4) is 0 Å². The van der Waals surface area contributed by atoms with Crippen LogP contribution in [-0.2, 0) is 13.5 Å². The van der Waals surface area contributed by atoms with Gasteiger partial charge >= 0.3 is 0 Å². The van der Waals surface area contributed by atoms with Crippen molar-refractivity contribution in [3.05, 3.63) is 59.7 Å². The quantitative estimate of drug-likeness (QED) is 0.767. The van der Waals surface area contributed by atoms with Gasteiger partial charge in [-0.15, -0.1) is 0 Å². The highest BCUT2D eigenvalue weighted by Gasteiger charge is 2.27. The van der Waals surface area contributed by atoms with Gasteiger partial charge in [0.2, 0.25) is 0 Å². The van der Waals surface area contributed by atoms with Gasteiger partial charge in [0.25, 0.3) is 5.91 Å². The van der Waals surface area contributed by atoms with Crippen molar-refractivity contribution in [3.8, 4) is 11.4 Å². The van der Waals surface area contributed by atoms with E-state index in [1.807, 2.05) is 48.3 Å². The molecule has 1 aliphatic rings. The summed E-state index contributed by atoms with van der Waals surface area (Å²) in [4.78, 5) is 12.6. The van der Waals surface area contributed by atoms with Crippen LogP contribution in [0.25, 0.3) is 5.69 Å². The fourth-order valence-electron chi connectivity index (χ4n) is 3.32. The number of para-hydroxylation sites is 1. The number of fused-ring (bicyclic) bond motifs is 1. The van der Waals surface area contributed by atoms with E-state index in [0.717, 1.165) is 36.2 Å². The molecule has 2 aromatic heterocycles. The molecule has 128 valence electrons. The van der Waals surface area contributed by atoms with Crippen LogP contribution < -0.4 is 5.32 Å². The maximum absolute atomic E-state index is 12.6. The number of nitrogens with zero attached hydrogens (tertiary/aromatic N) is 4. The fraction of sp³-hybridized carbons (Fsp3) is 0.278. The van der Waals surface area contributed by atoms with Crippen LogP contribution in [0.5, 0.6) is 5.75 Å². The minimum atomic E-state index is -0.381. The maximum atomic E-state index is 12.6. The van der Waals surface area contributed by atoms with Crippen molar-refractivity contribution in [2.75, 3.05) is 0 Å². The zero-order valence-electron chi connectivity index (χ0n) is 13.9. The van der Waals surface area contributed by atoms with Crippen LogP contribution in [0, 0.1) is 0 Å². The van der Waals surface area contributed by atoms with Gasteiger partial charge in [-0.3, -0.25) is 9.48 Å². The molecule has 2 N–H and O–H groups in total. The van der Waals surface area contributed by atoms with E-state index in [1.165, 1.54) is 10.9 Å². The minimum Gasteiger partial charge on any atom is -0.504 e. The first-order chi connectivity index (χ1) is 12.1. The third kappa shape index (κ3) is 2.77. The molecule has 7 heteroatoms. The van der Waals surface area contributed by atoms with E-state index < -0.39 is 0 Å². The highest BCUT2D eigenvalue weighted by molar-refractivity contribution is 5.95. The first kappa shape index (κ1) is 15.4. The summed E-state index contributed by atoms with van der Waals surface area (Å²) in [5.41, 5.74) is 3.00. The zero-order chi connectivity index (χ0) is 17.4. The Morgan fingerprint density at radius 2 is 2.12 bits per heavy atom. The summed E-state index contributed by atoms with van der Waals surface area (Å²) in [7, 11) is 1.91. The van der Waals surface area contributed by atoms with E-state index in [0.29, 0.717) is 0 Å². The Balaban J connectivity index is 1.57. The zero-order valence-corrected chi connectivity index (χ0v) is 13.9. The molecule has 4 rings (SSSR count). The number of benzene rings is 1. The van der Waals surface area contributed by atoms with Gasteiger partial charge in [-0.25, -0.2) is 4.68 Å². The molecular weight excluding hydrogens is 318 g/mol. The summed E-state index contributed by atoms with van der Waals surface area (Å²) in [6.07, 6.45) is 6.06. The highest BCUT2D eigenvalue weighted by atomic mass is 16.3. The molecule has 3 aromatic rings. The number of carbonyl (C=O) groups is 1. The number of aromatic nitrogens is 4. The van der Waals surface area contributed by atoms with Gasteiger partial charge in [-0.2, -0.15) is 10.2 Å². The van der Waals surface area contributed by atoms with E-state index in [9.17, 15) is 9.90 Å². The predicted octanol–water partition coefficient (Wildman–Crippen LogP) is 2.12. The van der Waals surface area contributed by atoms with Gasteiger partial charge in [0.05, 0.1) is 24.1 Å². The van der Waals surface area contributed by atoms with Crippen LogP contribution in [0.4, 0.5) is 0 Å². The molecule has 0 unspecified atom stereocenters. The molecule has 1 amide bonds. The van der Waals surface area contributed by atoms with Gasteiger partial charge in [0.15, 0.2) is 11.4 Å². The fourth-order valence-corrected chi connectivity index (χ4v) is 3.32. The number of amides is 1. The molecule has 0 bridgehead atoms. The van der Waals surface area contributed by atoms with E-state index >= 15 is 0 Å². The summed E-state index contributed by atoms with van der Waals surface area (Å²) in [5, 5.41) is 21.6. The van der Waals surface area contributed by atoms with Crippen molar-refractivity contribution < 1.29 is 9.90 Å². The summed E-state index contributed by atoms with van der Waals surface area (Å²) in [5.74, 6) is -0.516. The maximum Gasteiger partial charge on any atom is 0.276 e. The second kappa shape index (κ2) is 6.08. The van der Waals surface area contributed by atoms with E-state index in [-0.39, 0.29) is 23.4 Å². The average Bonchev–Trinajstić information content (AvgIpc) is 3.20. The lowest BCUT2D eigenvalue weighted by Crippen LogP contribution is -2.31. The molecule has 0 saturated heterocycles. The average molecular weight is 337 g/mol. The molecule has 25 heavy (non-hydrogen) atoms. The van der Waals surface area contributed by atoms with Gasteiger partial charge in [-0.1, -0.05) is 18.2 Å². The smallest absolute Gasteiger partial charge is 0.276 e. The van der Waals surface area contributed by atoms with Crippen LogP contribution in [-0.4, -0.2) is 30.6 Å². The van der Waals surface area contributed by atoms with Crippen LogP contribution in [0.2, 0.25) is 0 Å². The van der Waals surface area contributed by atoms with E-state index in [1.54, 1.807) is 0 Å². The molecule has 1 aliphatic carbocycles. The first-order valence-electron chi connectivity index (χ1n) is 8.29. The SMILES string of the molecule is Cn1ncc2c1CCC[C@@H]2NC(=O)c1nn(-c2ccccc2)cc1O. The Morgan fingerprint density at radius 3 is 2.92 bits per heavy atom. The molecule has 2 heterocycles. The number of aromatic hydroxyl groups is 1. The van der Waals surface area contributed by atoms with Crippen molar-refractivity contribution in [3.63, 3.8) is 0 Å². The minimum absolute atomic E-state index is 0.0277. The molecule has 7 nitrogen and oxygen atoms in total. The standard InChI is InChI=1S/C18H19N5O2/c1-22-15-9-5-8-14(13(15)10-19-22)20-18(25)17-16(24)11-23(21-17)12-6-3-2-4-7-12/h2-4,6-7,10-11,14,24H,5,8-9H2,1H3,(H,20,25)/t14-/m0/s1. The molecule has 0 spiro atoms. The molecule has 0 saturated carbocycles. The van der Waals surface area contributed by atoms with Crippen molar-refractivity contribution in [1.29, 1.82) is 0 Å². The monoisotopic (exact) mass is 337 g/mol. The summed E-state index contributed by atoms with van der Waals surface area (Å²) < 4.78 is 3.36. The molecular formula is C18H19N5O2.